The largest absolute Gasteiger partial charge is 0.336 e. The number of hydrogen-bond acceptors (Lipinski definition) is 3. The molecule has 0 spiro atoms. The Balaban J connectivity index is 1.44. The number of rotatable bonds is 3. The Labute approximate surface area is 164 Å². The van der Waals surface area contributed by atoms with Crippen LogP contribution in [-0.2, 0) is 10.2 Å². The van der Waals surface area contributed by atoms with Crippen molar-refractivity contribution in [1.82, 2.24) is 19.9 Å². The summed E-state index contributed by atoms with van der Waals surface area (Å²) in [5.41, 5.74) is 0.790. The summed E-state index contributed by atoms with van der Waals surface area (Å²) in [6, 6.07) is 9.01. The number of amides is 1. The van der Waals surface area contributed by atoms with E-state index in [0.717, 1.165) is 62.0 Å². The van der Waals surface area contributed by atoms with Gasteiger partial charge in [0.15, 0.2) is 0 Å². The third kappa shape index (κ3) is 2.78. The molecule has 5 nitrogen and oxygen atoms in total. The molecule has 27 heavy (non-hydrogen) atoms. The third-order valence-electron chi connectivity index (χ3n) is 7.02. The summed E-state index contributed by atoms with van der Waals surface area (Å²) in [4.78, 5) is 16.2. The van der Waals surface area contributed by atoms with Crippen LogP contribution in [0.15, 0.2) is 36.7 Å². The van der Waals surface area contributed by atoms with E-state index in [1.165, 1.54) is 0 Å². The van der Waals surface area contributed by atoms with Gasteiger partial charge < -0.3 is 4.90 Å². The molecule has 1 aromatic heterocycles. The van der Waals surface area contributed by atoms with E-state index in [-0.39, 0.29) is 5.41 Å². The summed E-state index contributed by atoms with van der Waals surface area (Å²) < 4.78 is 1.98. The topological polar surface area (TPSA) is 51.0 Å². The molecule has 3 aliphatic rings. The van der Waals surface area contributed by atoms with Crippen molar-refractivity contribution in [2.75, 3.05) is 0 Å². The number of piperidine rings is 1. The van der Waals surface area contributed by atoms with Gasteiger partial charge in [0.05, 0.1) is 17.7 Å². The van der Waals surface area contributed by atoms with Crippen molar-refractivity contribution in [3.8, 4) is 0 Å². The van der Waals surface area contributed by atoms with E-state index >= 15 is 0 Å². The molecule has 3 fully saturated rings. The fourth-order valence-electron chi connectivity index (χ4n) is 5.73. The highest BCUT2D eigenvalue weighted by atomic mass is 35.5. The van der Waals surface area contributed by atoms with Gasteiger partial charge in [-0.25, -0.2) is 4.68 Å². The summed E-state index contributed by atoms with van der Waals surface area (Å²) in [7, 11) is 0. The van der Waals surface area contributed by atoms with Crippen LogP contribution >= 0.6 is 11.6 Å². The number of hydrogen-bond donors (Lipinski definition) is 0. The number of nitrogens with zero attached hydrogens (tertiary/aromatic N) is 4. The smallest absolute Gasteiger partial charge is 0.233 e. The summed E-state index contributed by atoms with van der Waals surface area (Å²) in [6.45, 7) is 0. The Morgan fingerprint density at radius 3 is 2.30 bits per heavy atom. The van der Waals surface area contributed by atoms with Crippen LogP contribution in [0.3, 0.4) is 0 Å². The van der Waals surface area contributed by atoms with Gasteiger partial charge in [0, 0.05) is 23.3 Å². The summed E-state index contributed by atoms with van der Waals surface area (Å²) in [6.07, 6.45) is 12.0. The van der Waals surface area contributed by atoms with E-state index in [9.17, 15) is 4.79 Å². The maximum Gasteiger partial charge on any atom is 0.233 e. The number of aromatic nitrogens is 3. The molecule has 2 unspecified atom stereocenters. The van der Waals surface area contributed by atoms with Gasteiger partial charge in [-0.05, 0) is 56.2 Å². The van der Waals surface area contributed by atoms with Gasteiger partial charge in [0.1, 0.15) is 0 Å². The summed E-state index contributed by atoms with van der Waals surface area (Å²) in [5, 5.41) is 8.90. The second-order valence-corrected chi connectivity index (χ2v) is 8.84. The first-order valence-corrected chi connectivity index (χ1v) is 10.5. The second-order valence-electron chi connectivity index (χ2n) is 8.40. The lowest BCUT2D eigenvalue weighted by Gasteiger charge is -2.43. The zero-order valence-electron chi connectivity index (χ0n) is 15.4. The number of carbonyl (C=O) groups excluding carboxylic acids is 1. The zero-order chi connectivity index (χ0) is 18.4. The Kier molecular flexibility index (Phi) is 4.23. The highest BCUT2D eigenvalue weighted by molar-refractivity contribution is 6.30. The number of carbonyl (C=O) groups is 1. The highest BCUT2D eigenvalue weighted by Gasteiger charge is 2.52. The SMILES string of the molecule is O=C(N1C2CCC1CC(n1ccnn1)C2)C1(c2ccc(Cl)cc2)CCCC1. The molecule has 5 rings (SSSR count). The van der Waals surface area contributed by atoms with Crippen LogP contribution in [0.4, 0.5) is 0 Å². The molecule has 2 saturated heterocycles. The molecule has 1 aromatic carbocycles. The van der Waals surface area contributed by atoms with E-state index < -0.39 is 0 Å². The number of benzene rings is 1. The van der Waals surface area contributed by atoms with Gasteiger partial charge in [-0.3, -0.25) is 4.79 Å². The molecule has 6 heteroatoms. The van der Waals surface area contributed by atoms with Crippen LogP contribution < -0.4 is 0 Å². The van der Waals surface area contributed by atoms with Crippen LogP contribution in [-0.4, -0.2) is 37.9 Å². The molecule has 2 atom stereocenters. The van der Waals surface area contributed by atoms with Crippen molar-refractivity contribution < 1.29 is 4.79 Å². The Morgan fingerprint density at radius 1 is 1.04 bits per heavy atom. The molecule has 2 aromatic rings. The number of halogens is 1. The molecular weight excluding hydrogens is 360 g/mol. The molecule has 0 N–H and O–H groups in total. The van der Waals surface area contributed by atoms with E-state index in [1.54, 1.807) is 6.20 Å². The van der Waals surface area contributed by atoms with Crippen molar-refractivity contribution in [2.24, 2.45) is 0 Å². The van der Waals surface area contributed by atoms with Gasteiger partial charge in [-0.15, -0.1) is 5.10 Å². The highest BCUT2D eigenvalue weighted by Crippen LogP contribution is 2.48. The molecule has 1 saturated carbocycles. The Morgan fingerprint density at radius 2 is 1.70 bits per heavy atom. The van der Waals surface area contributed by atoms with Crippen LogP contribution in [0.1, 0.15) is 63.0 Å². The quantitative estimate of drug-likeness (QED) is 0.799. The number of fused-ring (bicyclic) bond motifs is 2. The lowest BCUT2D eigenvalue weighted by molar-refractivity contribution is -0.142. The zero-order valence-corrected chi connectivity index (χ0v) is 16.2. The molecule has 0 radical (unpaired) electrons. The van der Waals surface area contributed by atoms with Crippen LogP contribution in [0.2, 0.25) is 5.02 Å². The molecular formula is C21H25ClN4O. The Bertz CT molecular complexity index is 799. The fourth-order valence-corrected chi connectivity index (χ4v) is 5.85. The molecule has 3 heterocycles. The average Bonchev–Trinajstić information content (AvgIpc) is 3.42. The van der Waals surface area contributed by atoms with Gasteiger partial charge >= 0.3 is 0 Å². The summed E-state index contributed by atoms with van der Waals surface area (Å²) in [5.74, 6) is 0.354. The minimum Gasteiger partial charge on any atom is -0.336 e. The minimum atomic E-state index is -0.356. The molecule has 142 valence electrons. The van der Waals surface area contributed by atoms with E-state index in [4.69, 9.17) is 11.6 Å². The van der Waals surface area contributed by atoms with Gasteiger partial charge in [-0.1, -0.05) is 41.8 Å². The van der Waals surface area contributed by atoms with Crippen molar-refractivity contribution in [3.63, 3.8) is 0 Å². The lowest BCUT2D eigenvalue weighted by atomic mass is 9.76. The van der Waals surface area contributed by atoms with Crippen molar-refractivity contribution in [3.05, 3.63) is 47.2 Å². The fraction of sp³-hybridized carbons (Fsp3) is 0.571. The molecule has 1 amide bonds. The van der Waals surface area contributed by atoms with E-state index in [0.29, 0.717) is 24.0 Å². The van der Waals surface area contributed by atoms with E-state index in [1.807, 2.05) is 23.0 Å². The Hall–Kier alpha value is -1.88. The normalized spacial score (nSPS) is 29.2. The van der Waals surface area contributed by atoms with Gasteiger partial charge in [0.25, 0.3) is 0 Å². The predicted octanol–water partition coefficient (Wildman–Crippen LogP) is 4.14. The molecule has 1 aliphatic carbocycles. The standard InChI is InChI=1S/C21H25ClN4O/c22-16-5-3-15(4-6-16)21(9-1-2-10-21)20(27)26-17-7-8-18(26)14-19(13-17)25-12-11-23-24-25/h3-6,11-12,17-19H,1-2,7-10,13-14H2. The summed E-state index contributed by atoms with van der Waals surface area (Å²) >= 11 is 6.10. The van der Waals surface area contributed by atoms with Crippen molar-refractivity contribution in [1.29, 1.82) is 0 Å². The third-order valence-corrected chi connectivity index (χ3v) is 7.27. The predicted molar refractivity (Wildman–Crippen MR) is 104 cm³/mol. The molecule has 2 aliphatic heterocycles. The first-order valence-electron chi connectivity index (χ1n) is 10.1. The monoisotopic (exact) mass is 384 g/mol. The average molecular weight is 385 g/mol. The first-order chi connectivity index (χ1) is 13.2. The van der Waals surface area contributed by atoms with Gasteiger partial charge in [0.2, 0.25) is 5.91 Å². The molecule has 2 bridgehead atoms. The lowest BCUT2D eigenvalue weighted by Crippen LogP contribution is -2.53. The minimum absolute atomic E-state index is 0.329. The van der Waals surface area contributed by atoms with Crippen LogP contribution in [0.5, 0.6) is 0 Å². The maximum atomic E-state index is 13.9. The second kappa shape index (κ2) is 6.62. The van der Waals surface area contributed by atoms with Crippen LogP contribution in [0.25, 0.3) is 0 Å². The maximum absolute atomic E-state index is 13.9. The van der Waals surface area contributed by atoms with Gasteiger partial charge in [-0.2, -0.15) is 0 Å². The van der Waals surface area contributed by atoms with Crippen molar-refractivity contribution in [2.45, 2.75) is 74.9 Å². The first kappa shape index (κ1) is 17.2. The van der Waals surface area contributed by atoms with E-state index in [2.05, 4.69) is 27.3 Å². The van der Waals surface area contributed by atoms with Crippen molar-refractivity contribution >= 4 is 17.5 Å². The van der Waals surface area contributed by atoms with Crippen LogP contribution in [0, 0.1) is 0 Å².